The first-order valence-corrected chi connectivity index (χ1v) is 10.1. The van der Waals surface area contributed by atoms with Crippen LogP contribution in [0.25, 0.3) is 0 Å². The Labute approximate surface area is 150 Å². The lowest BCUT2D eigenvalue weighted by atomic mass is 10.2. The Bertz CT molecular complexity index is 679. The molecule has 2 saturated heterocycles. The molecular formula is C17H27N3O4S. The molecule has 0 amide bonds. The van der Waals surface area contributed by atoms with Crippen LogP contribution >= 0.6 is 0 Å². The van der Waals surface area contributed by atoms with Crippen molar-refractivity contribution in [3.63, 3.8) is 0 Å². The number of para-hydroxylation sites is 2. The van der Waals surface area contributed by atoms with Gasteiger partial charge in [-0.05, 0) is 26.0 Å². The number of methoxy groups -OCH3 is 1. The van der Waals surface area contributed by atoms with Gasteiger partial charge in [0.25, 0.3) is 10.2 Å². The van der Waals surface area contributed by atoms with Crippen LogP contribution in [0.3, 0.4) is 0 Å². The maximum absolute atomic E-state index is 13.0. The van der Waals surface area contributed by atoms with Crippen molar-refractivity contribution in [1.29, 1.82) is 0 Å². The normalized spacial score (nSPS) is 26.6. The van der Waals surface area contributed by atoms with Gasteiger partial charge in [0.05, 0.1) is 25.0 Å². The predicted octanol–water partition coefficient (Wildman–Crippen LogP) is 1.17. The summed E-state index contributed by atoms with van der Waals surface area (Å²) >= 11 is 0. The summed E-state index contributed by atoms with van der Waals surface area (Å²) in [5, 5.41) is 0. The van der Waals surface area contributed by atoms with Gasteiger partial charge in [0.15, 0.2) is 0 Å². The number of rotatable bonds is 4. The third-order valence-electron chi connectivity index (χ3n) is 4.70. The molecule has 0 aromatic heterocycles. The van der Waals surface area contributed by atoms with E-state index < -0.39 is 10.2 Å². The molecule has 7 nitrogen and oxygen atoms in total. The van der Waals surface area contributed by atoms with Crippen molar-refractivity contribution < 1.29 is 17.9 Å². The summed E-state index contributed by atoms with van der Waals surface area (Å²) in [6.45, 7) is 6.90. The second-order valence-corrected chi connectivity index (χ2v) is 8.57. The SMILES string of the molecule is COc1ccccc1N1CCN(S(=O)(=O)N2CC(C)OC(C)C2)CC1. The van der Waals surface area contributed by atoms with E-state index in [9.17, 15) is 8.42 Å². The number of morpholine rings is 1. The molecule has 1 aromatic rings. The lowest BCUT2D eigenvalue weighted by molar-refractivity contribution is -0.0455. The van der Waals surface area contributed by atoms with Crippen molar-refractivity contribution in [3.8, 4) is 5.75 Å². The minimum atomic E-state index is -3.44. The molecule has 0 radical (unpaired) electrons. The Kier molecular flexibility index (Phi) is 5.52. The fourth-order valence-electron chi connectivity index (χ4n) is 3.53. The molecule has 2 atom stereocenters. The largest absolute Gasteiger partial charge is 0.495 e. The fourth-order valence-corrected chi connectivity index (χ4v) is 5.28. The minimum Gasteiger partial charge on any atom is -0.495 e. The zero-order valence-electron chi connectivity index (χ0n) is 15.1. The first-order valence-electron chi connectivity index (χ1n) is 8.70. The van der Waals surface area contributed by atoms with Crippen LogP contribution in [0.5, 0.6) is 5.75 Å². The number of ether oxygens (including phenoxy) is 2. The first kappa shape index (κ1) is 18.4. The number of hydrogen-bond acceptors (Lipinski definition) is 5. The van der Waals surface area contributed by atoms with Gasteiger partial charge in [0, 0.05) is 39.3 Å². The zero-order valence-corrected chi connectivity index (χ0v) is 15.9. The number of anilines is 1. The minimum absolute atomic E-state index is 0.0756. The van der Waals surface area contributed by atoms with Crippen LogP contribution in [0.2, 0.25) is 0 Å². The zero-order chi connectivity index (χ0) is 18.0. The van der Waals surface area contributed by atoms with Gasteiger partial charge in [0.1, 0.15) is 5.75 Å². The molecule has 140 valence electrons. The molecule has 2 fully saturated rings. The summed E-state index contributed by atoms with van der Waals surface area (Å²) in [5.41, 5.74) is 1.01. The molecule has 2 heterocycles. The second kappa shape index (κ2) is 7.49. The van der Waals surface area contributed by atoms with Crippen molar-refractivity contribution in [2.45, 2.75) is 26.1 Å². The number of piperazine rings is 1. The fraction of sp³-hybridized carbons (Fsp3) is 0.647. The Hall–Kier alpha value is -1.35. The molecule has 0 N–H and O–H groups in total. The average Bonchev–Trinajstić information content (AvgIpc) is 2.61. The van der Waals surface area contributed by atoms with E-state index in [1.54, 1.807) is 15.7 Å². The van der Waals surface area contributed by atoms with E-state index in [-0.39, 0.29) is 12.2 Å². The van der Waals surface area contributed by atoms with Crippen LogP contribution in [0.1, 0.15) is 13.8 Å². The number of nitrogens with zero attached hydrogens (tertiary/aromatic N) is 3. The Morgan fingerprint density at radius 3 is 2.20 bits per heavy atom. The summed E-state index contributed by atoms with van der Waals surface area (Å²) in [6.07, 6.45) is -0.151. The van der Waals surface area contributed by atoms with Gasteiger partial charge in [0.2, 0.25) is 0 Å². The highest BCUT2D eigenvalue weighted by atomic mass is 32.2. The molecule has 0 saturated carbocycles. The van der Waals surface area contributed by atoms with Gasteiger partial charge in [-0.1, -0.05) is 12.1 Å². The van der Waals surface area contributed by atoms with Gasteiger partial charge in [-0.3, -0.25) is 0 Å². The van der Waals surface area contributed by atoms with E-state index in [2.05, 4.69) is 4.90 Å². The van der Waals surface area contributed by atoms with Gasteiger partial charge < -0.3 is 14.4 Å². The predicted molar refractivity (Wildman–Crippen MR) is 97.3 cm³/mol. The summed E-state index contributed by atoms with van der Waals surface area (Å²) in [4.78, 5) is 2.18. The van der Waals surface area contributed by atoms with Gasteiger partial charge >= 0.3 is 0 Å². The van der Waals surface area contributed by atoms with E-state index in [0.717, 1.165) is 11.4 Å². The average molecular weight is 369 g/mol. The maximum atomic E-state index is 13.0. The lowest BCUT2D eigenvalue weighted by Crippen LogP contribution is -2.57. The number of benzene rings is 1. The summed E-state index contributed by atoms with van der Waals surface area (Å²) in [6, 6.07) is 7.84. The molecule has 2 aliphatic heterocycles. The molecular weight excluding hydrogens is 342 g/mol. The van der Waals surface area contributed by atoms with E-state index in [1.165, 1.54) is 0 Å². The lowest BCUT2D eigenvalue weighted by Gasteiger charge is -2.41. The monoisotopic (exact) mass is 369 g/mol. The molecule has 0 spiro atoms. The van der Waals surface area contributed by atoms with Crippen molar-refractivity contribution in [3.05, 3.63) is 24.3 Å². The van der Waals surface area contributed by atoms with E-state index >= 15 is 0 Å². The highest BCUT2D eigenvalue weighted by Gasteiger charge is 2.36. The highest BCUT2D eigenvalue weighted by Crippen LogP contribution is 2.29. The summed E-state index contributed by atoms with van der Waals surface area (Å²) < 4.78 is 40.1. The molecule has 0 aliphatic carbocycles. The molecule has 25 heavy (non-hydrogen) atoms. The van der Waals surface area contributed by atoms with Crippen LogP contribution in [0, 0.1) is 0 Å². The van der Waals surface area contributed by atoms with Crippen LogP contribution in [0.4, 0.5) is 5.69 Å². The molecule has 2 unspecified atom stereocenters. The van der Waals surface area contributed by atoms with Crippen LogP contribution in [-0.4, -0.2) is 75.6 Å². The molecule has 2 aliphatic rings. The Morgan fingerprint density at radius 1 is 1.00 bits per heavy atom. The Morgan fingerprint density at radius 2 is 1.60 bits per heavy atom. The Balaban J connectivity index is 1.67. The molecule has 3 rings (SSSR count). The number of hydrogen-bond donors (Lipinski definition) is 0. The molecule has 8 heteroatoms. The highest BCUT2D eigenvalue weighted by molar-refractivity contribution is 7.86. The quantitative estimate of drug-likeness (QED) is 0.797. The van der Waals surface area contributed by atoms with E-state index in [1.807, 2.05) is 38.1 Å². The third-order valence-corrected chi connectivity index (χ3v) is 6.67. The first-order chi connectivity index (χ1) is 11.9. The molecule has 1 aromatic carbocycles. The molecule has 0 bridgehead atoms. The smallest absolute Gasteiger partial charge is 0.282 e. The van der Waals surface area contributed by atoms with Gasteiger partial charge in [-0.25, -0.2) is 0 Å². The summed E-state index contributed by atoms with van der Waals surface area (Å²) in [5.74, 6) is 0.814. The van der Waals surface area contributed by atoms with Crippen molar-refractivity contribution in [2.75, 3.05) is 51.3 Å². The van der Waals surface area contributed by atoms with Crippen molar-refractivity contribution in [1.82, 2.24) is 8.61 Å². The van der Waals surface area contributed by atoms with Gasteiger partial charge in [-0.2, -0.15) is 17.0 Å². The third kappa shape index (κ3) is 3.92. The standard InChI is InChI=1S/C17H27N3O4S/c1-14-12-20(13-15(2)24-14)25(21,22)19-10-8-18(9-11-19)16-6-4-5-7-17(16)23-3/h4-7,14-15H,8-13H2,1-3H3. The summed E-state index contributed by atoms with van der Waals surface area (Å²) in [7, 11) is -1.79. The van der Waals surface area contributed by atoms with Gasteiger partial charge in [-0.15, -0.1) is 0 Å². The van der Waals surface area contributed by atoms with E-state index in [4.69, 9.17) is 9.47 Å². The maximum Gasteiger partial charge on any atom is 0.282 e. The second-order valence-electron chi connectivity index (χ2n) is 6.64. The van der Waals surface area contributed by atoms with Crippen LogP contribution < -0.4 is 9.64 Å². The van der Waals surface area contributed by atoms with Crippen molar-refractivity contribution in [2.24, 2.45) is 0 Å². The van der Waals surface area contributed by atoms with E-state index in [0.29, 0.717) is 39.3 Å². The van der Waals surface area contributed by atoms with Crippen LogP contribution in [0.15, 0.2) is 24.3 Å². The van der Waals surface area contributed by atoms with Crippen LogP contribution in [-0.2, 0) is 14.9 Å². The topological polar surface area (TPSA) is 62.3 Å². The van der Waals surface area contributed by atoms with Crippen molar-refractivity contribution >= 4 is 15.9 Å².